The molecule has 2 heterocycles. The van der Waals surface area contributed by atoms with Gasteiger partial charge in [-0.15, -0.1) is 0 Å². The highest BCUT2D eigenvalue weighted by Crippen LogP contribution is 2.14. The van der Waals surface area contributed by atoms with Gasteiger partial charge in [0.25, 0.3) is 0 Å². The molecule has 1 atom stereocenters. The summed E-state index contributed by atoms with van der Waals surface area (Å²) in [6, 6.07) is 2.16. The van der Waals surface area contributed by atoms with E-state index in [0.717, 1.165) is 18.9 Å². The molecule has 1 N–H and O–H groups in total. The van der Waals surface area contributed by atoms with Crippen molar-refractivity contribution in [2.75, 3.05) is 13.1 Å². The van der Waals surface area contributed by atoms with Gasteiger partial charge in [-0.1, -0.05) is 6.92 Å². The van der Waals surface area contributed by atoms with E-state index in [9.17, 15) is 0 Å². The summed E-state index contributed by atoms with van der Waals surface area (Å²) in [5, 5.41) is 7.75. The predicted molar refractivity (Wildman–Crippen MR) is 57.2 cm³/mol. The summed E-state index contributed by atoms with van der Waals surface area (Å²) in [5.74, 6) is 0.822. The molecule has 0 saturated carbocycles. The van der Waals surface area contributed by atoms with E-state index in [4.69, 9.17) is 0 Å². The van der Waals surface area contributed by atoms with Crippen LogP contribution in [0.2, 0.25) is 0 Å². The minimum Gasteiger partial charge on any atom is -0.316 e. The van der Waals surface area contributed by atoms with Crippen molar-refractivity contribution < 1.29 is 0 Å². The van der Waals surface area contributed by atoms with Gasteiger partial charge in [-0.3, -0.25) is 4.68 Å². The maximum absolute atomic E-state index is 4.34. The first-order chi connectivity index (χ1) is 6.90. The van der Waals surface area contributed by atoms with Crippen LogP contribution in [0.25, 0.3) is 0 Å². The monoisotopic (exact) mass is 193 g/mol. The SMILES string of the molecule is CCCn1nccc1CC1CCNC1. The largest absolute Gasteiger partial charge is 0.316 e. The third-order valence-corrected chi connectivity index (χ3v) is 2.90. The van der Waals surface area contributed by atoms with Crippen molar-refractivity contribution >= 4 is 0 Å². The van der Waals surface area contributed by atoms with E-state index < -0.39 is 0 Å². The lowest BCUT2D eigenvalue weighted by Gasteiger charge is -2.10. The highest BCUT2D eigenvalue weighted by Gasteiger charge is 2.16. The van der Waals surface area contributed by atoms with E-state index in [2.05, 4.69) is 28.1 Å². The molecular formula is C11H19N3. The molecule has 3 heteroatoms. The molecule has 0 aliphatic carbocycles. The Morgan fingerprint density at radius 3 is 3.29 bits per heavy atom. The average molecular weight is 193 g/mol. The van der Waals surface area contributed by atoms with Crippen molar-refractivity contribution in [3.8, 4) is 0 Å². The smallest absolute Gasteiger partial charge is 0.0492 e. The minimum atomic E-state index is 0.822. The molecular weight excluding hydrogens is 174 g/mol. The first kappa shape index (κ1) is 9.71. The van der Waals surface area contributed by atoms with Crippen LogP contribution < -0.4 is 5.32 Å². The Labute approximate surface area is 85.5 Å². The van der Waals surface area contributed by atoms with Crippen LogP contribution in [0.5, 0.6) is 0 Å². The second kappa shape index (κ2) is 4.60. The summed E-state index contributed by atoms with van der Waals surface area (Å²) in [6.45, 7) is 5.62. The second-order valence-corrected chi connectivity index (χ2v) is 4.11. The molecule has 1 unspecified atom stereocenters. The van der Waals surface area contributed by atoms with Crippen molar-refractivity contribution in [2.45, 2.75) is 32.7 Å². The first-order valence-electron chi connectivity index (χ1n) is 5.61. The second-order valence-electron chi connectivity index (χ2n) is 4.11. The van der Waals surface area contributed by atoms with Crippen molar-refractivity contribution in [3.63, 3.8) is 0 Å². The van der Waals surface area contributed by atoms with Crippen molar-refractivity contribution in [1.29, 1.82) is 0 Å². The Morgan fingerprint density at radius 1 is 1.64 bits per heavy atom. The highest BCUT2D eigenvalue weighted by molar-refractivity contribution is 5.02. The quantitative estimate of drug-likeness (QED) is 0.784. The molecule has 78 valence electrons. The van der Waals surface area contributed by atoms with Crippen molar-refractivity contribution in [3.05, 3.63) is 18.0 Å². The lowest BCUT2D eigenvalue weighted by atomic mass is 10.0. The first-order valence-corrected chi connectivity index (χ1v) is 5.61. The third-order valence-electron chi connectivity index (χ3n) is 2.90. The number of nitrogens with one attached hydrogen (secondary N) is 1. The van der Waals surface area contributed by atoms with Crippen LogP contribution in [0.3, 0.4) is 0 Å². The Bertz CT molecular complexity index is 274. The number of rotatable bonds is 4. The number of aryl methyl sites for hydroxylation is 1. The zero-order chi connectivity index (χ0) is 9.80. The molecule has 3 nitrogen and oxygen atoms in total. The Hall–Kier alpha value is -0.830. The molecule has 2 rings (SSSR count). The van der Waals surface area contributed by atoms with E-state index in [1.165, 1.54) is 31.6 Å². The summed E-state index contributed by atoms with van der Waals surface area (Å²) in [4.78, 5) is 0. The third kappa shape index (κ3) is 2.15. The number of nitrogens with zero attached hydrogens (tertiary/aromatic N) is 2. The van der Waals surface area contributed by atoms with E-state index in [-0.39, 0.29) is 0 Å². The minimum absolute atomic E-state index is 0.822. The van der Waals surface area contributed by atoms with Gasteiger partial charge in [0.1, 0.15) is 0 Å². The molecule has 1 aromatic rings. The van der Waals surface area contributed by atoms with E-state index in [0.29, 0.717) is 0 Å². The van der Waals surface area contributed by atoms with Gasteiger partial charge in [-0.25, -0.2) is 0 Å². The fraction of sp³-hybridized carbons (Fsp3) is 0.727. The van der Waals surface area contributed by atoms with E-state index in [1.54, 1.807) is 0 Å². The van der Waals surface area contributed by atoms with E-state index in [1.807, 2.05) is 6.20 Å². The molecule has 14 heavy (non-hydrogen) atoms. The number of aromatic nitrogens is 2. The van der Waals surface area contributed by atoms with Crippen LogP contribution in [0.15, 0.2) is 12.3 Å². The summed E-state index contributed by atoms with van der Waals surface area (Å²) in [6.07, 6.45) is 5.59. The zero-order valence-electron chi connectivity index (χ0n) is 8.87. The number of hydrogen-bond donors (Lipinski definition) is 1. The zero-order valence-corrected chi connectivity index (χ0v) is 8.87. The molecule has 0 radical (unpaired) electrons. The summed E-state index contributed by atoms with van der Waals surface area (Å²) in [7, 11) is 0. The topological polar surface area (TPSA) is 29.9 Å². The summed E-state index contributed by atoms with van der Waals surface area (Å²) < 4.78 is 2.15. The van der Waals surface area contributed by atoms with E-state index >= 15 is 0 Å². The summed E-state index contributed by atoms with van der Waals surface area (Å²) in [5.41, 5.74) is 1.40. The molecule has 0 bridgehead atoms. The van der Waals surface area contributed by atoms with Gasteiger partial charge in [-0.2, -0.15) is 5.10 Å². The van der Waals surface area contributed by atoms with Gasteiger partial charge in [0, 0.05) is 18.4 Å². The van der Waals surface area contributed by atoms with Crippen molar-refractivity contribution in [2.24, 2.45) is 5.92 Å². The fourth-order valence-electron chi connectivity index (χ4n) is 2.13. The molecule has 1 aliphatic rings. The lowest BCUT2D eigenvalue weighted by Crippen LogP contribution is -2.13. The van der Waals surface area contributed by atoms with Gasteiger partial charge in [0.15, 0.2) is 0 Å². The van der Waals surface area contributed by atoms with Gasteiger partial charge < -0.3 is 5.32 Å². The van der Waals surface area contributed by atoms with Crippen LogP contribution >= 0.6 is 0 Å². The molecule has 1 aromatic heterocycles. The predicted octanol–water partition coefficient (Wildman–Crippen LogP) is 1.45. The molecule has 1 saturated heterocycles. The average Bonchev–Trinajstić information content (AvgIpc) is 2.80. The maximum atomic E-state index is 4.34. The molecule has 0 amide bonds. The summed E-state index contributed by atoms with van der Waals surface area (Å²) >= 11 is 0. The molecule has 0 aromatic carbocycles. The van der Waals surface area contributed by atoms with Crippen LogP contribution in [-0.2, 0) is 13.0 Å². The standard InChI is InChI=1S/C11H19N3/c1-2-7-14-11(4-6-13-14)8-10-3-5-12-9-10/h4,6,10,12H,2-3,5,7-9H2,1H3. The Kier molecular flexibility index (Phi) is 3.19. The highest BCUT2D eigenvalue weighted by atomic mass is 15.3. The van der Waals surface area contributed by atoms with Gasteiger partial charge in [-0.05, 0) is 44.3 Å². The molecule has 1 aliphatic heterocycles. The van der Waals surface area contributed by atoms with Gasteiger partial charge >= 0.3 is 0 Å². The number of hydrogen-bond acceptors (Lipinski definition) is 2. The Balaban J connectivity index is 1.96. The normalized spacial score (nSPS) is 21.6. The van der Waals surface area contributed by atoms with Gasteiger partial charge in [0.2, 0.25) is 0 Å². The van der Waals surface area contributed by atoms with Crippen LogP contribution in [-0.4, -0.2) is 22.9 Å². The van der Waals surface area contributed by atoms with Crippen LogP contribution in [0.1, 0.15) is 25.5 Å². The Morgan fingerprint density at radius 2 is 2.57 bits per heavy atom. The maximum Gasteiger partial charge on any atom is 0.0492 e. The van der Waals surface area contributed by atoms with Crippen LogP contribution in [0.4, 0.5) is 0 Å². The van der Waals surface area contributed by atoms with Crippen molar-refractivity contribution in [1.82, 2.24) is 15.1 Å². The fourth-order valence-corrected chi connectivity index (χ4v) is 2.13. The van der Waals surface area contributed by atoms with Crippen LogP contribution in [0, 0.1) is 5.92 Å². The molecule has 0 spiro atoms. The molecule has 1 fully saturated rings. The lowest BCUT2D eigenvalue weighted by molar-refractivity contribution is 0.514. The van der Waals surface area contributed by atoms with Gasteiger partial charge in [0.05, 0.1) is 0 Å².